The number of hydrogen-bond acceptors (Lipinski definition) is 5. The van der Waals surface area contributed by atoms with E-state index in [-0.39, 0.29) is 5.97 Å². The van der Waals surface area contributed by atoms with Gasteiger partial charge in [-0.2, -0.15) is 5.10 Å². The summed E-state index contributed by atoms with van der Waals surface area (Å²) in [6.45, 7) is 2.17. The van der Waals surface area contributed by atoms with Gasteiger partial charge in [0.2, 0.25) is 0 Å². The van der Waals surface area contributed by atoms with Gasteiger partial charge in [-0.15, -0.1) is 0 Å². The second-order valence-electron chi connectivity index (χ2n) is 5.88. The molecule has 0 fully saturated rings. The first-order chi connectivity index (χ1) is 12.2. The minimum atomic E-state index is -0.286. The first kappa shape index (κ1) is 15.9. The van der Waals surface area contributed by atoms with Crippen LogP contribution < -0.4 is 4.74 Å². The van der Waals surface area contributed by atoms with Crippen molar-refractivity contribution < 1.29 is 14.3 Å². The lowest BCUT2D eigenvalue weighted by Crippen LogP contribution is -2.08. The van der Waals surface area contributed by atoms with Gasteiger partial charge in [-0.25, -0.2) is 4.79 Å². The van der Waals surface area contributed by atoms with E-state index < -0.39 is 0 Å². The highest BCUT2D eigenvalue weighted by molar-refractivity contribution is 7.16. The molecule has 2 heterocycles. The predicted octanol–water partition coefficient (Wildman–Crippen LogP) is 4.22. The van der Waals surface area contributed by atoms with Gasteiger partial charge < -0.3 is 9.47 Å². The van der Waals surface area contributed by atoms with E-state index in [0.29, 0.717) is 16.5 Å². The average molecular weight is 354 g/mol. The number of nitrogens with zero attached hydrogens (tertiary/aromatic N) is 2. The maximum absolute atomic E-state index is 12.4. The molecular formula is C19H18N2O3S. The fraction of sp³-hybridized carbons (Fsp3) is 0.263. The van der Waals surface area contributed by atoms with Crippen LogP contribution in [0.25, 0.3) is 11.3 Å². The van der Waals surface area contributed by atoms with Gasteiger partial charge in [-0.1, -0.05) is 29.5 Å². The number of para-hydroxylation sites is 1. The number of carbonyl (C=O) groups excluding carboxylic acids is 1. The molecule has 1 aromatic carbocycles. The molecule has 0 N–H and O–H groups in total. The number of fused-ring (bicyclic) bond motifs is 3. The molecule has 0 amide bonds. The van der Waals surface area contributed by atoms with Gasteiger partial charge in [-0.3, -0.25) is 4.68 Å². The first-order valence-electron chi connectivity index (χ1n) is 8.26. The Morgan fingerprint density at radius 2 is 2.08 bits per heavy atom. The van der Waals surface area contributed by atoms with Gasteiger partial charge in [-0.05, 0) is 43.0 Å². The molecule has 2 aromatic heterocycles. The van der Waals surface area contributed by atoms with Gasteiger partial charge >= 0.3 is 5.97 Å². The van der Waals surface area contributed by atoms with E-state index in [9.17, 15) is 4.79 Å². The van der Waals surface area contributed by atoms with E-state index >= 15 is 0 Å². The van der Waals surface area contributed by atoms with E-state index in [2.05, 4.69) is 5.10 Å². The van der Waals surface area contributed by atoms with Crippen LogP contribution in [-0.2, 0) is 24.6 Å². The third-order valence-corrected chi connectivity index (χ3v) is 5.27. The molecular weight excluding hydrogens is 336 g/mol. The molecule has 0 atom stereocenters. The van der Waals surface area contributed by atoms with E-state index in [0.717, 1.165) is 35.4 Å². The zero-order valence-corrected chi connectivity index (χ0v) is 14.9. The molecule has 0 aliphatic heterocycles. The molecule has 0 radical (unpaired) electrons. The fourth-order valence-corrected chi connectivity index (χ4v) is 4.25. The Bertz CT molecular complexity index is 928. The van der Waals surface area contributed by atoms with Crippen molar-refractivity contribution in [3.63, 3.8) is 0 Å². The molecule has 0 saturated heterocycles. The highest BCUT2D eigenvalue weighted by Gasteiger charge is 2.31. The highest BCUT2D eigenvalue weighted by Crippen LogP contribution is 2.48. The summed E-state index contributed by atoms with van der Waals surface area (Å²) in [5.74, 6) is 0.455. The molecule has 128 valence electrons. The van der Waals surface area contributed by atoms with Gasteiger partial charge in [0.05, 0.1) is 12.2 Å². The normalized spacial score (nSPS) is 12.4. The van der Waals surface area contributed by atoms with Crippen LogP contribution in [0.5, 0.6) is 10.8 Å². The second kappa shape index (κ2) is 6.37. The van der Waals surface area contributed by atoms with Crippen LogP contribution in [0.3, 0.4) is 0 Å². The van der Waals surface area contributed by atoms with Crippen molar-refractivity contribution >= 4 is 17.3 Å². The lowest BCUT2D eigenvalue weighted by Gasteiger charge is -2.13. The third-order valence-electron chi connectivity index (χ3n) is 4.18. The molecule has 25 heavy (non-hydrogen) atoms. The van der Waals surface area contributed by atoms with Crippen molar-refractivity contribution in [1.29, 1.82) is 0 Å². The Morgan fingerprint density at radius 1 is 1.28 bits per heavy atom. The highest BCUT2D eigenvalue weighted by atomic mass is 32.1. The second-order valence-corrected chi connectivity index (χ2v) is 6.87. The molecule has 4 rings (SSSR count). The minimum absolute atomic E-state index is 0.286. The van der Waals surface area contributed by atoms with Crippen LogP contribution in [0, 0.1) is 0 Å². The van der Waals surface area contributed by atoms with Crippen molar-refractivity contribution in [2.45, 2.75) is 19.8 Å². The van der Waals surface area contributed by atoms with E-state index in [1.165, 1.54) is 16.9 Å². The number of aryl methyl sites for hydroxylation is 2. The monoisotopic (exact) mass is 354 g/mol. The van der Waals surface area contributed by atoms with E-state index in [4.69, 9.17) is 9.47 Å². The number of ether oxygens (including phenoxy) is 2. The zero-order valence-electron chi connectivity index (χ0n) is 14.1. The predicted molar refractivity (Wildman–Crippen MR) is 96.4 cm³/mol. The zero-order chi connectivity index (χ0) is 17.4. The Kier molecular flexibility index (Phi) is 4.05. The minimum Gasteiger partial charge on any atom is -0.462 e. The van der Waals surface area contributed by atoms with Crippen LogP contribution in [0.1, 0.15) is 27.7 Å². The molecule has 0 saturated carbocycles. The molecule has 1 aliphatic carbocycles. The fourth-order valence-electron chi connectivity index (χ4n) is 3.14. The van der Waals surface area contributed by atoms with Crippen molar-refractivity contribution in [3.8, 4) is 22.1 Å². The summed E-state index contributed by atoms with van der Waals surface area (Å²) in [6, 6.07) is 9.59. The van der Waals surface area contributed by atoms with Crippen molar-refractivity contribution in [3.05, 3.63) is 52.5 Å². The molecule has 0 bridgehead atoms. The smallest absolute Gasteiger partial charge is 0.348 e. The summed E-state index contributed by atoms with van der Waals surface area (Å²) >= 11 is 1.35. The summed E-state index contributed by atoms with van der Waals surface area (Å²) < 4.78 is 13.2. The largest absolute Gasteiger partial charge is 0.462 e. The van der Waals surface area contributed by atoms with Crippen LogP contribution in [0.2, 0.25) is 0 Å². The van der Waals surface area contributed by atoms with Gasteiger partial charge in [0.25, 0.3) is 0 Å². The van der Waals surface area contributed by atoms with E-state index in [1.54, 1.807) is 0 Å². The maximum atomic E-state index is 12.4. The first-order valence-corrected chi connectivity index (χ1v) is 9.07. The summed E-state index contributed by atoms with van der Waals surface area (Å²) in [7, 11) is 1.91. The lowest BCUT2D eigenvalue weighted by molar-refractivity contribution is 0.0531. The molecule has 0 unspecified atom stereocenters. The average Bonchev–Trinajstić information content (AvgIpc) is 3.16. The number of carbonyl (C=O) groups is 1. The number of benzene rings is 1. The lowest BCUT2D eigenvalue weighted by atomic mass is 9.92. The van der Waals surface area contributed by atoms with Crippen molar-refractivity contribution in [1.82, 2.24) is 9.78 Å². The Labute approximate surface area is 149 Å². The van der Waals surface area contributed by atoms with Crippen molar-refractivity contribution in [2.75, 3.05) is 6.61 Å². The van der Waals surface area contributed by atoms with Crippen molar-refractivity contribution in [2.24, 2.45) is 7.05 Å². The maximum Gasteiger partial charge on any atom is 0.348 e. The van der Waals surface area contributed by atoms with Gasteiger partial charge in [0, 0.05) is 13.2 Å². The molecule has 6 heteroatoms. The summed E-state index contributed by atoms with van der Waals surface area (Å²) in [5, 5.41) is 5.30. The summed E-state index contributed by atoms with van der Waals surface area (Å²) in [6.07, 6.45) is 3.69. The molecule has 5 nitrogen and oxygen atoms in total. The SMILES string of the molecule is CCOC(=O)c1sc(Oc2ccccc2)c2c1CCc1cn(C)nc1-2. The number of rotatable bonds is 4. The van der Waals surface area contributed by atoms with Gasteiger partial charge in [0.1, 0.15) is 16.3 Å². The van der Waals surface area contributed by atoms with Crippen LogP contribution in [0.15, 0.2) is 36.5 Å². The topological polar surface area (TPSA) is 53.4 Å². The standard InChI is InChI=1S/C19H18N2O3S/c1-3-23-18(22)17-14-10-9-12-11-21(2)20-16(12)15(14)19(25-17)24-13-7-5-4-6-8-13/h4-8,11H,3,9-10H2,1-2H3. The summed E-state index contributed by atoms with van der Waals surface area (Å²) in [5.41, 5.74) is 4.00. The van der Waals surface area contributed by atoms with Crippen LogP contribution >= 0.6 is 11.3 Å². The van der Waals surface area contributed by atoms with E-state index in [1.807, 2.05) is 55.2 Å². The quantitative estimate of drug-likeness (QED) is 0.659. The van der Waals surface area contributed by atoms with Crippen LogP contribution in [-0.4, -0.2) is 22.4 Å². The Balaban J connectivity index is 1.85. The number of aromatic nitrogens is 2. The molecule has 1 aliphatic rings. The number of esters is 1. The number of thiophene rings is 1. The third kappa shape index (κ3) is 2.82. The molecule has 3 aromatic rings. The van der Waals surface area contributed by atoms with Gasteiger partial charge in [0.15, 0.2) is 5.06 Å². The van der Waals surface area contributed by atoms with Crippen LogP contribution in [0.4, 0.5) is 0 Å². The summed E-state index contributed by atoms with van der Waals surface area (Å²) in [4.78, 5) is 13.0. The number of hydrogen-bond donors (Lipinski definition) is 0. The molecule has 0 spiro atoms. The Hall–Kier alpha value is -2.60. The Morgan fingerprint density at radius 3 is 2.84 bits per heavy atom.